The molecular formula is C16H12BrClN2S. The number of fused-ring (bicyclic) bond motifs is 1. The monoisotopic (exact) mass is 378 g/mol. The van der Waals surface area contributed by atoms with Gasteiger partial charge in [-0.2, -0.15) is 0 Å². The molecule has 0 fully saturated rings. The predicted molar refractivity (Wildman–Crippen MR) is 94.2 cm³/mol. The lowest BCUT2D eigenvalue weighted by atomic mass is 10.1. The fraction of sp³-hybridized carbons (Fsp3) is 0.125. The number of hydrogen-bond acceptors (Lipinski definition) is 3. The molecule has 0 aliphatic heterocycles. The van der Waals surface area contributed by atoms with Crippen LogP contribution in [0.15, 0.2) is 45.8 Å². The zero-order valence-electron chi connectivity index (χ0n) is 11.5. The second-order valence-corrected chi connectivity index (χ2v) is 6.67. The van der Waals surface area contributed by atoms with Gasteiger partial charge in [-0.25, -0.2) is 9.97 Å². The maximum atomic E-state index is 6.36. The molecule has 3 aromatic rings. The molecule has 0 saturated heterocycles. The molecule has 2 aromatic carbocycles. The molecule has 0 amide bonds. The average molecular weight is 380 g/mol. The summed E-state index contributed by atoms with van der Waals surface area (Å²) in [7, 11) is 0. The van der Waals surface area contributed by atoms with Gasteiger partial charge in [-0.15, -0.1) is 11.8 Å². The molecule has 0 spiro atoms. The van der Waals surface area contributed by atoms with Crippen LogP contribution in [0.3, 0.4) is 0 Å². The molecule has 0 unspecified atom stereocenters. The highest BCUT2D eigenvalue weighted by molar-refractivity contribution is 9.10. The van der Waals surface area contributed by atoms with Crippen LogP contribution in [0.4, 0.5) is 0 Å². The van der Waals surface area contributed by atoms with Crippen LogP contribution in [0.2, 0.25) is 5.15 Å². The summed E-state index contributed by atoms with van der Waals surface area (Å²) in [6.07, 6.45) is 2.04. The molecule has 5 heteroatoms. The maximum absolute atomic E-state index is 6.36. The van der Waals surface area contributed by atoms with E-state index in [1.807, 2.05) is 43.5 Å². The zero-order valence-corrected chi connectivity index (χ0v) is 14.7. The molecule has 21 heavy (non-hydrogen) atoms. The van der Waals surface area contributed by atoms with Crippen LogP contribution < -0.4 is 0 Å². The van der Waals surface area contributed by atoms with Crippen molar-refractivity contribution in [1.82, 2.24) is 9.97 Å². The Bertz CT molecular complexity index is 836. The SMILES string of the molecule is CSc1ccccc1-c1nc(Cl)c2ccc(Br)c(C)c2n1. The number of aryl methyl sites for hydroxylation is 1. The van der Waals surface area contributed by atoms with E-state index in [2.05, 4.69) is 27.0 Å². The largest absolute Gasteiger partial charge is 0.228 e. The van der Waals surface area contributed by atoms with Gasteiger partial charge < -0.3 is 0 Å². The second kappa shape index (κ2) is 5.95. The summed E-state index contributed by atoms with van der Waals surface area (Å²) in [5.41, 5.74) is 2.96. The molecule has 1 heterocycles. The Labute approximate surface area is 141 Å². The lowest BCUT2D eigenvalue weighted by Gasteiger charge is -2.10. The molecule has 3 rings (SSSR count). The van der Waals surface area contributed by atoms with E-state index < -0.39 is 0 Å². The number of nitrogens with zero attached hydrogens (tertiary/aromatic N) is 2. The second-order valence-electron chi connectivity index (χ2n) is 4.61. The van der Waals surface area contributed by atoms with Crippen molar-refractivity contribution >= 4 is 50.2 Å². The highest BCUT2D eigenvalue weighted by Crippen LogP contribution is 2.33. The molecule has 0 saturated carbocycles. The Hall–Kier alpha value is -1.10. The van der Waals surface area contributed by atoms with E-state index >= 15 is 0 Å². The van der Waals surface area contributed by atoms with Gasteiger partial charge in [0.05, 0.1) is 5.52 Å². The van der Waals surface area contributed by atoms with Gasteiger partial charge in [0.25, 0.3) is 0 Å². The molecular weight excluding hydrogens is 368 g/mol. The summed E-state index contributed by atoms with van der Waals surface area (Å²) in [5.74, 6) is 0.665. The number of halogens is 2. The van der Waals surface area contributed by atoms with Crippen LogP contribution in [-0.2, 0) is 0 Å². The number of thioether (sulfide) groups is 1. The summed E-state index contributed by atoms with van der Waals surface area (Å²) in [6.45, 7) is 2.03. The molecule has 0 atom stereocenters. The molecule has 0 bridgehead atoms. The van der Waals surface area contributed by atoms with Crippen molar-refractivity contribution in [2.45, 2.75) is 11.8 Å². The Balaban J connectivity index is 2.32. The van der Waals surface area contributed by atoms with Crippen molar-refractivity contribution in [2.75, 3.05) is 6.26 Å². The fourth-order valence-corrected chi connectivity index (χ4v) is 3.37. The van der Waals surface area contributed by atoms with Gasteiger partial charge in [-0.1, -0.05) is 45.7 Å². The standard InChI is InChI=1S/C16H12BrClN2S/c1-9-12(17)8-7-11-14(9)19-16(20-15(11)18)10-5-3-4-6-13(10)21-2/h3-8H,1-2H3. The van der Waals surface area contributed by atoms with Crippen molar-refractivity contribution in [1.29, 1.82) is 0 Å². The Morgan fingerprint density at radius 2 is 1.86 bits per heavy atom. The van der Waals surface area contributed by atoms with Crippen molar-refractivity contribution in [3.63, 3.8) is 0 Å². The minimum absolute atomic E-state index is 0.488. The van der Waals surface area contributed by atoms with Gasteiger partial charge in [0.1, 0.15) is 5.15 Å². The minimum Gasteiger partial charge on any atom is -0.228 e. The van der Waals surface area contributed by atoms with Gasteiger partial charge >= 0.3 is 0 Å². The van der Waals surface area contributed by atoms with E-state index in [1.165, 1.54) is 0 Å². The van der Waals surface area contributed by atoms with Gasteiger partial charge in [0.15, 0.2) is 5.82 Å². The summed E-state index contributed by atoms with van der Waals surface area (Å²) < 4.78 is 1.02. The van der Waals surface area contributed by atoms with Crippen LogP contribution in [0.25, 0.3) is 22.3 Å². The summed E-state index contributed by atoms with van der Waals surface area (Å²) >= 11 is 11.6. The first-order valence-corrected chi connectivity index (χ1v) is 8.77. The van der Waals surface area contributed by atoms with E-state index in [0.717, 1.165) is 31.4 Å². The van der Waals surface area contributed by atoms with Crippen LogP contribution >= 0.6 is 39.3 Å². The maximum Gasteiger partial charge on any atom is 0.162 e. The van der Waals surface area contributed by atoms with Gasteiger partial charge in [0, 0.05) is 20.3 Å². The van der Waals surface area contributed by atoms with Crippen LogP contribution in [0.5, 0.6) is 0 Å². The third-order valence-electron chi connectivity index (χ3n) is 3.36. The molecule has 0 aliphatic carbocycles. The fourth-order valence-electron chi connectivity index (χ4n) is 2.22. The lowest BCUT2D eigenvalue weighted by Crippen LogP contribution is -1.95. The topological polar surface area (TPSA) is 25.8 Å². The van der Waals surface area contributed by atoms with E-state index in [-0.39, 0.29) is 0 Å². The van der Waals surface area contributed by atoms with Gasteiger partial charge in [0.2, 0.25) is 0 Å². The van der Waals surface area contributed by atoms with Gasteiger partial charge in [-0.05, 0) is 36.9 Å². The number of benzene rings is 2. The Morgan fingerprint density at radius 3 is 2.62 bits per heavy atom. The number of aromatic nitrogens is 2. The van der Waals surface area contributed by atoms with E-state index in [0.29, 0.717) is 11.0 Å². The van der Waals surface area contributed by atoms with Gasteiger partial charge in [-0.3, -0.25) is 0 Å². The number of hydrogen-bond donors (Lipinski definition) is 0. The Kier molecular flexibility index (Phi) is 4.20. The highest BCUT2D eigenvalue weighted by atomic mass is 79.9. The predicted octanol–water partition coefficient (Wildman–Crippen LogP) is 5.74. The third kappa shape index (κ3) is 2.68. The smallest absolute Gasteiger partial charge is 0.162 e. The molecule has 0 aliphatic rings. The average Bonchev–Trinajstić information content (AvgIpc) is 2.51. The summed E-state index contributed by atoms with van der Waals surface area (Å²) in [5, 5.41) is 1.37. The first-order chi connectivity index (χ1) is 10.1. The quantitative estimate of drug-likeness (QED) is 0.419. The molecule has 106 valence electrons. The third-order valence-corrected chi connectivity index (χ3v) is 5.30. The van der Waals surface area contributed by atoms with E-state index in [4.69, 9.17) is 16.6 Å². The highest BCUT2D eigenvalue weighted by Gasteiger charge is 2.13. The van der Waals surface area contributed by atoms with Crippen LogP contribution in [-0.4, -0.2) is 16.2 Å². The first kappa shape index (κ1) is 14.8. The minimum atomic E-state index is 0.488. The van der Waals surface area contributed by atoms with Crippen molar-refractivity contribution in [2.24, 2.45) is 0 Å². The summed E-state index contributed by atoms with van der Waals surface area (Å²) in [6, 6.07) is 12.0. The van der Waals surface area contributed by atoms with Crippen LogP contribution in [0, 0.1) is 6.92 Å². The lowest BCUT2D eigenvalue weighted by molar-refractivity contribution is 1.19. The van der Waals surface area contributed by atoms with Crippen molar-refractivity contribution in [3.8, 4) is 11.4 Å². The zero-order chi connectivity index (χ0) is 15.0. The molecule has 0 N–H and O–H groups in total. The van der Waals surface area contributed by atoms with Crippen LogP contribution in [0.1, 0.15) is 5.56 Å². The van der Waals surface area contributed by atoms with E-state index in [1.54, 1.807) is 11.8 Å². The van der Waals surface area contributed by atoms with Crippen molar-refractivity contribution < 1.29 is 0 Å². The number of rotatable bonds is 2. The van der Waals surface area contributed by atoms with E-state index in [9.17, 15) is 0 Å². The molecule has 2 nitrogen and oxygen atoms in total. The molecule has 0 radical (unpaired) electrons. The normalized spacial score (nSPS) is 11.0. The molecule has 1 aromatic heterocycles. The summed E-state index contributed by atoms with van der Waals surface area (Å²) in [4.78, 5) is 10.4. The Morgan fingerprint density at radius 1 is 1.10 bits per heavy atom. The van der Waals surface area contributed by atoms with Crippen molar-refractivity contribution in [3.05, 3.63) is 51.6 Å². The first-order valence-electron chi connectivity index (χ1n) is 6.37.